The van der Waals surface area contributed by atoms with Gasteiger partial charge in [0.05, 0.1) is 0 Å². The summed E-state index contributed by atoms with van der Waals surface area (Å²) >= 11 is 0. The molecule has 1 aromatic rings. The summed E-state index contributed by atoms with van der Waals surface area (Å²) in [6.45, 7) is 7.00. The first kappa shape index (κ1) is 13.4. The molecule has 92 valence electrons. The first-order valence-corrected chi connectivity index (χ1v) is 5.55. The van der Waals surface area contributed by atoms with Crippen LogP contribution in [-0.2, 0) is 16.0 Å². The predicted molar refractivity (Wildman–Crippen MR) is 66.7 cm³/mol. The van der Waals surface area contributed by atoms with Gasteiger partial charge in [-0.3, -0.25) is 9.59 Å². The van der Waals surface area contributed by atoms with Crippen LogP contribution in [0.2, 0.25) is 0 Å². The lowest BCUT2D eigenvalue weighted by atomic mass is 9.95. The van der Waals surface area contributed by atoms with Crippen LogP contribution in [0.15, 0.2) is 18.3 Å². The lowest BCUT2D eigenvalue weighted by Gasteiger charge is -2.18. The molecule has 0 saturated heterocycles. The molecule has 1 amide bonds. The van der Waals surface area contributed by atoms with Gasteiger partial charge in [0, 0.05) is 23.6 Å². The maximum atomic E-state index is 11.8. The number of hydrogen-bond donors (Lipinski definition) is 1. The zero-order chi connectivity index (χ0) is 13.1. The van der Waals surface area contributed by atoms with E-state index in [1.807, 2.05) is 20.8 Å². The van der Waals surface area contributed by atoms with Crippen LogP contribution in [0.4, 0.5) is 5.82 Å². The third-order valence-electron chi connectivity index (χ3n) is 2.24. The number of ketones is 1. The lowest BCUT2D eigenvalue weighted by Crippen LogP contribution is -2.28. The normalized spacial score (nSPS) is 11.1. The van der Waals surface area contributed by atoms with Crippen molar-refractivity contribution in [2.45, 2.75) is 34.1 Å². The molecule has 0 saturated carbocycles. The Morgan fingerprint density at radius 3 is 2.53 bits per heavy atom. The third-order valence-corrected chi connectivity index (χ3v) is 2.24. The average molecular weight is 234 g/mol. The van der Waals surface area contributed by atoms with Crippen LogP contribution in [0.3, 0.4) is 0 Å². The van der Waals surface area contributed by atoms with Gasteiger partial charge >= 0.3 is 0 Å². The van der Waals surface area contributed by atoms with Crippen molar-refractivity contribution in [3.63, 3.8) is 0 Å². The third kappa shape index (κ3) is 3.98. The van der Waals surface area contributed by atoms with Crippen molar-refractivity contribution in [2.24, 2.45) is 5.41 Å². The molecule has 0 spiro atoms. The quantitative estimate of drug-likeness (QED) is 0.872. The first-order chi connectivity index (χ1) is 7.80. The number of aromatic nitrogens is 1. The Bertz CT molecular complexity index is 433. The molecule has 1 N–H and O–H groups in total. The van der Waals surface area contributed by atoms with Gasteiger partial charge in [-0.2, -0.15) is 0 Å². The molecule has 0 aromatic carbocycles. The van der Waals surface area contributed by atoms with Gasteiger partial charge in [0.2, 0.25) is 5.91 Å². The molecule has 0 aliphatic carbocycles. The Hall–Kier alpha value is -1.71. The Labute approximate surface area is 101 Å². The van der Waals surface area contributed by atoms with Gasteiger partial charge in [-0.1, -0.05) is 26.8 Å². The van der Waals surface area contributed by atoms with E-state index in [1.54, 1.807) is 18.3 Å². The van der Waals surface area contributed by atoms with Crippen molar-refractivity contribution in [3.8, 4) is 0 Å². The number of nitrogens with zero attached hydrogens (tertiary/aromatic N) is 1. The molecule has 0 fully saturated rings. The summed E-state index contributed by atoms with van der Waals surface area (Å²) in [5.74, 6) is 0.410. The molecule has 4 heteroatoms. The zero-order valence-corrected chi connectivity index (χ0v) is 10.7. The highest BCUT2D eigenvalue weighted by molar-refractivity contribution is 5.94. The van der Waals surface area contributed by atoms with Gasteiger partial charge in [-0.25, -0.2) is 4.98 Å². The number of nitrogens with one attached hydrogen (secondary N) is 1. The number of anilines is 1. The summed E-state index contributed by atoms with van der Waals surface area (Å²) < 4.78 is 0. The van der Waals surface area contributed by atoms with Crippen molar-refractivity contribution >= 4 is 17.5 Å². The Morgan fingerprint density at radius 1 is 1.35 bits per heavy atom. The molecule has 0 aliphatic heterocycles. The maximum absolute atomic E-state index is 11.8. The minimum atomic E-state index is -0.481. The van der Waals surface area contributed by atoms with Crippen LogP contribution in [0, 0.1) is 5.41 Å². The average Bonchev–Trinajstić information content (AvgIpc) is 2.18. The highest BCUT2D eigenvalue weighted by atomic mass is 16.2. The molecule has 1 heterocycles. The summed E-state index contributed by atoms with van der Waals surface area (Å²) in [6, 6.07) is 3.55. The smallest absolute Gasteiger partial charge is 0.230 e. The van der Waals surface area contributed by atoms with E-state index < -0.39 is 5.41 Å². The van der Waals surface area contributed by atoms with E-state index in [-0.39, 0.29) is 18.1 Å². The number of carbonyl (C=O) groups is 2. The summed E-state index contributed by atoms with van der Waals surface area (Å²) in [4.78, 5) is 27.0. The summed E-state index contributed by atoms with van der Waals surface area (Å²) in [5, 5.41) is 2.75. The summed E-state index contributed by atoms with van der Waals surface area (Å²) in [5.41, 5.74) is 0.267. The van der Waals surface area contributed by atoms with E-state index in [0.717, 1.165) is 5.56 Å². The Kier molecular flexibility index (Phi) is 3.99. The summed E-state index contributed by atoms with van der Waals surface area (Å²) in [6.07, 6.45) is 1.88. The fraction of sp³-hybridized carbons (Fsp3) is 0.462. The van der Waals surface area contributed by atoms with Gasteiger partial charge in [-0.15, -0.1) is 0 Å². The number of Topliss-reactive ketones (excluding diaryl/α,β-unsaturated/α-hetero) is 1. The van der Waals surface area contributed by atoms with Crippen LogP contribution in [0.5, 0.6) is 0 Å². The van der Waals surface area contributed by atoms with E-state index in [2.05, 4.69) is 10.3 Å². The zero-order valence-electron chi connectivity index (χ0n) is 10.7. The van der Waals surface area contributed by atoms with E-state index in [0.29, 0.717) is 5.82 Å². The van der Waals surface area contributed by atoms with Crippen molar-refractivity contribution in [1.29, 1.82) is 0 Å². The van der Waals surface area contributed by atoms with Gasteiger partial charge < -0.3 is 5.32 Å². The Balaban J connectivity index is 2.91. The van der Waals surface area contributed by atoms with Crippen LogP contribution in [-0.4, -0.2) is 16.7 Å². The Morgan fingerprint density at radius 2 is 2.00 bits per heavy atom. The maximum Gasteiger partial charge on any atom is 0.230 e. The highest BCUT2D eigenvalue weighted by Crippen LogP contribution is 2.18. The van der Waals surface area contributed by atoms with E-state index in [1.165, 1.54) is 6.92 Å². The fourth-order valence-electron chi connectivity index (χ4n) is 1.26. The monoisotopic (exact) mass is 234 g/mol. The van der Waals surface area contributed by atoms with Crippen LogP contribution >= 0.6 is 0 Å². The molecule has 0 aliphatic rings. The van der Waals surface area contributed by atoms with Gasteiger partial charge in [-0.05, 0) is 13.0 Å². The van der Waals surface area contributed by atoms with Crippen LogP contribution < -0.4 is 5.32 Å². The van der Waals surface area contributed by atoms with E-state index >= 15 is 0 Å². The van der Waals surface area contributed by atoms with Gasteiger partial charge in [0.15, 0.2) is 0 Å². The van der Waals surface area contributed by atoms with Gasteiger partial charge in [0.25, 0.3) is 0 Å². The highest BCUT2D eigenvalue weighted by Gasteiger charge is 2.22. The molecule has 0 atom stereocenters. The molecule has 17 heavy (non-hydrogen) atoms. The second-order valence-electron chi connectivity index (χ2n) is 5.09. The van der Waals surface area contributed by atoms with Crippen molar-refractivity contribution in [3.05, 3.63) is 23.9 Å². The molecular weight excluding hydrogens is 216 g/mol. The summed E-state index contributed by atoms with van der Waals surface area (Å²) in [7, 11) is 0. The number of rotatable bonds is 3. The topological polar surface area (TPSA) is 59.1 Å². The fourth-order valence-corrected chi connectivity index (χ4v) is 1.26. The molecule has 0 unspecified atom stereocenters. The molecule has 0 bridgehead atoms. The minimum absolute atomic E-state index is 0.0456. The van der Waals surface area contributed by atoms with Crippen molar-refractivity contribution < 1.29 is 9.59 Å². The second kappa shape index (κ2) is 5.08. The SMILES string of the molecule is CC(=O)Cc1cccnc1NC(=O)C(C)(C)C. The molecule has 4 nitrogen and oxygen atoms in total. The second-order valence-corrected chi connectivity index (χ2v) is 5.09. The molecular formula is C13H18N2O2. The standard InChI is InChI=1S/C13H18N2O2/c1-9(16)8-10-6-5-7-14-11(10)15-12(17)13(2,3)4/h5-7H,8H2,1-4H3,(H,14,15,17). The molecule has 1 aromatic heterocycles. The van der Waals surface area contributed by atoms with Crippen LogP contribution in [0.1, 0.15) is 33.3 Å². The van der Waals surface area contributed by atoms with Crippen molar-refractivity contribution in [1.82, 2.24) is 4.98 Å². The number of hydrogen-bond acceptors (Lipinski definition) is 3. The van der Waals surface area contributed by atoms with Crippen molar-refractivity contribution in [2.75, 3.05) is 5.32 Å². The number of amides is 1. The minimum Gasteiger partial charge on any atom is -0.310 e. The number of carbonyl (C=O) groups excluding carboxylic acids is 2. The first-order valence-electron chi connectivity index (χ1n) is 5.55. The van der Waals surface area contributed by atoms with E-state index in [4.69, 9.17) is 0 Å². The molecule has 0 radical (unpaired) electrons. The molecule has 1 rings (SSSR count). The number of pyridine rings is 1. The van der Waals surface area contributed by atoms with E-state index in [9.17, 15) is 9.59 Å². The predicted octanol–water partition coefficient (Wildman–Crippen LogP) is 2.20. The largest absolute Gasteiger partial charge is 0.310 e. The lowest BCUT2D eigenvalue weighted by molar-refractivity contribution is -0.123. The van der Waals surface area contributed by atoms with Gasteiger partial charge in [0.1, 0.15) is 11.6 Å². The van der Waals surface area contributed by atoms with Crippen LogP contribution in [0.25, 0.3) is 0 Å².